The van der Waals surface area contributed by atoms with Crippen LogP contribution >= 0.6 is 22.9 Å². The first kappa shape index (κ1) is 11.5. The van der Waals surface area contributed by atoms with Gasteiger partial charge in [-0.1, -0.05) is 11.6 Å². The van der Waals surface area contributed by atoms with E-state index >= 15 is 0 Å². The standard InChI is InChI=1S/C13H14ClNS/c1-7-4-10(11(15)5-8(7)2)12-6-9(3)13(14)16-12/h4-6H,15H2,1-3H3. The zero-order valence-electron chi connectivity index (χ0n) is 9.60. The number of hydrogen-bond acceptors (Lipinski definition) is 2. The predicted molar refractivity (Wildman–Crippen MR) is 73.4 cm³/mol. The molecule has 1 heterocycles. The van der Waals surface area contributed by atoms with Gasteiger partial charge in [0.25, 0.3) is 0 Å². The summed E-state index contributed by atoms with van der Waals surface area (Å²) in [6.07, 6.45) is 0. The lowest BCUT2D eigenvalue weighted by molar-refractivity contribution is 1.35. The van der Waals surface area contributed by atoms with Crippen LogP contribution in [0.15, 0.2) is 18.2 Å². The normalized spacial score (nSPS) is 10.8. The number of aryl methyl sites for hydroxylation is 3. The molecule has 0 aliphatic carbocycles. The molecule has 0 amide bonds. The van der Waals surface area contributed by atoms with E-state index in [-0.39, 0.29) is 0 Å². The SMILES string of the molecule is Cc1cc(N)c(-c2cc(C)c(Cl)s2)cc1C. The number of hydrogen-bond donors (Lipinski definition) is 1. The molecular formula is C13H14ClNS. The number of thiophene rings is 1. The highest BCUT2D eigenvalue weighted by molar-refractivity contribution is 7.19. The van der Waals surface area contributed by atoms with Crippen molar-refractivity contribution in [3.05, 3.63) is 39.2 Å². The molecule has 0 bridgehead atoms. The molecule has 3 heteroatoms. The quantitative estimate of drug-likeness (QED) is 0.738. The number of nitrogen functional groups attached to an aromatic ring is 1. The van der Waals surface area contributed by atoms with Gasteiger partial charge in [0.15, 0.2) is 0 Å². The first-order chi connectivity index (χ1) is 7.49. The molecule has 16 heavy (non-hydrogen) atoms. The fourth-order valence-electron chi connectivity index (χ4n) is 1.64. The van der Waals surface area contributed by atoms with Crippen LogP contribution in [0.25, 0.3) is 10.4 Å². The van der Waals surface area contributed by atoms with Gasteiger partial charge in [0, 0.05) is 16.1 Å². The fourth-order valence-corrected chi connectivity index (χ4v) is 2.88. The molecule has 2 rings (SSSR count). The van der Waals surface area contributed by atoms with E-state index in [0.29, 0.717) is 0 Å². The number of nitrogens with two attached hydrogens (primary N) is 1. The average molecular weight is 252 g/mol. The lowest BCUT2D eigenvalue weighted by atomic mass is 10.0. The van der Waals surface area contributed by atoms with Crippen LogP contribution in [0.1, 0.15) is 16.7 Å². The van der Waals surface area contributed by atoms with E-state index in [1.807, 2.05) is 13.0 Å². The molecule has 0 saturated carbocycles. The minimum absolute atomic E-state index is 0.820. The van der Waals surface area contributed by atoms with Gasteiger partial charge < -0.3 is 5.73 Å². The van der Waals surface area contributed by atoms with E-state index in [2.05, 4.69) is 26.0 Å². The van der Waals surface area contributed by atoms with Crippen molar-refractivity contribution in [2.45, 2.75) is 20.8 Å². The van der Waals surface area contributed by atoms with Crippen LogP contribution in [-0.4, -0.2) is 0 Å². The molecule has 1 aromatic heterocycles. The lowest BCUT2D eigenvalue weighted by Crippen LogP contribution is -1.92. The Labute approximate surface area is 105 Å². The molecule has 0 saturated heterocycles. The van der Waals surface area contributed by atoms with Crippen molar-refractivity contribution < 1.29 is 0 Å². The van der Waals surface area contributed by atoms with Crippen LogP contribution in [0.2, 0.25) is 4.34 Å². The maximum Gasteiger partial charge on any atom is 0.0964 e. The molecule has 1 nitrogen and oxygen atoms in total. The highest BCUT2D eigenvalue weighted by Gasteiger charge is 2.09. The summed E-state index contributed by atoms with van der Waals surface area (Å²) < 4.78 is 0.840. The summed E-state index contributed by atoms with van der Waals surface area (Å²) in [6, 6.07) is 6.24. The summed E-state index contributed by atoms with van der Waals surface area (Å²) in [4.78, 5) is 1.14. The number of halogens is 1. The molecule has 2 N–H and O–H groups in total. The second-order valence-electron chi connectivity index (χ2n) is 4.09. The molecule has 0 radical (unpaired) electrons. The lowest BCUT2D eigenvalue weighted by Gasteiger charge is -2.07. The molecule has 0 aliphatic heterocycles. The maximum atomic E-state index is 6.08. The van der Waals surface area contributed by atoms with Crippen LogP contribution in [-0.2, 0) is 0 Å². The summed E-state index contributed by atoms with van der Waals surface area (Å²) >= 11 is 7.66. The zero-order chi connectivity index (χ0) is 11.9. The largest absolute Gasteiger partial charge is 0.398 e. The Kier molecular flexibility index (Phi) is 2.96. The smallest absolute Gasteiger partial charge is 0.0964 e. The Morgan fingerprint density at radius 3 is 2.19 bits per heavy atom. The molecule has 0 unspecified atom stereocenters. The van der Waals surface area contributed by atoms with Gasteiger partial charge in [0.2, 0.25) is 0 Å². The molecule has 0 fully saturated rings. The average Bonchev–Trinajstić information content (AvgIpc) is 2.53. The summed E-state index contributed by atoms with van der Waals surface area (Å²) in [6.45, 7) is 6.18. The third-order valence-electron chi connectivity index (χ3n) is 2.79. The van der Waals surface area contributed by atoms with Gasteiger partial charge in [0.1, 0.15) is 0 Å². The Hall–Kier alpha value is -0.990. The molecule has 1 aromatic carbocycles. The first-order valence-corrected chi connectivity index (χ1v) is 6.31. The van der Waals surface area contributed by atoms with Crippen molar-refractivity contribution in [2.75, 3.05) is 5.73 Å². The molecule has 2 aromatic rings. The highest BCUT2D eigenvalue weighted by Crippen LogP contribution is 2.38. The summed E-state index contributed by atoms with van der Waals surface area (Å²) in [5.41, 5.74) is 11.5. The Morgan fingerprint density at radius 1 is 1.00 bits per heavy atom. The van der Waals surface area contributed by atoms with Gasteiger partial charge in [-0.05, 0) is 55.7 Å². The van der Waals surface area contributed by atoms with Gasteiger partial charge in [-0.25, -0.2) is 0 Å². The van der Waals surface area contributed by atoms with Crippen LogP contribution in [0.3, 0.4) is 0 Å². The van der Waals surface area contributed by atoms with Crippen molar-refractivity contribution in [1.29, 1.82) is 0 Å². The topological polar surface area (TPSA) is 26.0 Å². The van der Waals surface area contributed by atoms with Crippen molar-refractivity contribution in [1.82, 2.24) is 0 Å². The first-order valence-electron chi connectivity index (χ1n) is 5.12. The van der Waals surface area contributed by atoms with E-state index in [4.69, 9.17) is 17.3 Å². The number of anilines is 1. The van der Waals surface area contributed by atoms with Crippen LogP contribution in [0.4, 0.5) is 5.69 Å². The molecule has 84 valence electrons. The van der Waals surface area contributed by atoms with E-state index < -0.39 is 0 Å². The Morgan fingerprint density at radius 2 is 1.62 bits per heavy atom. The number of benzene rings is 1. The van der Waals surface area contributed by atoms with Gasteiger partial charge in [-0.2, -0.15) is 0 Å². The predicted octanol–water partition coefficient (Wildman–Crippen LogP) is 4.58. The third kappa shape index (κ3) is 1.95. The summed E-state index contributed by atoms with van der Waals surface area (Å²) in [5.74, 6) is 0. The van der Waals surface area contributed by atoms with E-state index in [1.54, 1.807) is 11.3 Å². The van der Waals surface area contributed by atoms with Gasteiger partial charge >= 0.3 is 0 Å². The maximum absolute atomic E-state index is 6.08. The number of rotatable bonds is 1. The highest BCUT2D eigenvalue weighted by atomic mass is 35.5. The van der Waals surface area contributed by atoms with Crippen LogP contribution in [0.5, 0.6) is 0 Å². The third-order valence-corrected chi connectivity index (χ3v) is 4.38. The minimum Gasteiger partial charge on any atom is -0.398 e. The monoisotopic (exact) mass is 251 g/mol. The zero-order valence-corrected chi connectivity index (χ0v) is 11.2. The summed E-state index contributed by atoms with van der Waals surface area (Å²) in [7, 11) is 0. The van der Waals surface area contributed by atoms with E-state index in [0.717, 1.165) is 26.0 Å². The van der Waals surface area contributed by atoms with Crippen molar-refractivity contribution in [2.24, 2.45) is 0 Å². The Bertz CT molecular complexity index is 524. The minimum atomic E-state index is 0.820. The van der Waals surface area contributed by atoms with E-state index in [1.165, 1.54) is 11.1 Å². The second-order valence-corrected chi connectivity index (χ2v) is 5.75. The molecule has 0 aliphatic rings. The molecule has 0 atom stereocenters. The molecule has 0 spiro atoms. The Balaban J connectivity index is 2.60. The van der Waals surface area contributed by atoms with Crippen molar-refractivity contribution in [3.8, 4) is 10.4 Å². The molecular weight excluding hydrogens is 238 g/mol. The van der Waals surface area contributed by atoms with Gasteiger partial charge in [-0.3, -0.25) is 0 Å². The van der Waals surface area contributed by atoms with Crippen LogP contribution < -0.4 is 5.73 Å². The van der Waals surface area contributed by atoms with E-state index in [9.17, 15) is 0 Å². The van der Waals surface area contributed by atoms with Crippen molar-refractivity contribution >= 4 is 28.6 Å². The summed E-state index contributed by atoms with van der Waals surface area (Å²) in [5, 5.41) is 0. The van der Waals surface area contributed by atoms with Crippen molar-refractivity contribution in [3.63, 3.8) is 0 Å². The second kappa shape index (κ2) is 4.11. The van der Waals surface area contributed by atoms with Gasteiger partial charge in [-0.15, -0.1) is 11.3 Å². The fraction of sp³-hybridized carbons (Fsp3) is 0.231. The van der Waals surface area contributed by atoms with Gasteiger partial charge in [0.05, 0.1) is 4.34 Å². The van der Waals surface area contributed by atoms with Crippen LogP contribution in [0, 0.1) is 20.8 Å².